The molecule has 17 heavy (non-hydrogen) atoms. The highest BCUT2D eigenvalue weighted by Gasteiger charge is 2.30. The van der Waals surface area contributed by atoms with E-state index in [2.05, 4.69) is 32.4 Å². The molecule has 1 aliphatic rings. The summed E-state index contributed by atoms with van der Waals surface area (Å²) in [4.78, 5) is 14.0. The van der Waals surface area contributed by atoms with Gasteiger partial charge in [0.25, 0.3) is 0 Å². The molecule has 92 valence electrons. The van der Waals surface area contributed by atoms with Gasteiger partial charge in [-0.3, -0.25) is 9.69 Å². The third-order valence-corrected chi connectivity index (χ3v) is 3.79. The topological polar surface area (TPSA) is 25.2 Å². The minimum atomic E-state index is 0.0985. The molecule has 2 heterocycles. The van der Waals surface area contributed by atoms with Crippen molar-refractivity contribution in [2.45, 2.75) is 32.7 Å². The Hall–Kier alpha value is -1.35. The minimum absolute atomic E-state index is 0.0985. The van der Waals surface area contributed by atoms with E-state index >= 15 is 0 Å². The molecule has 0 fully saturated rings. The maximum absolute atomic E-state index is 11.7. The van der Waals surface area contributed by atoms with Crippen molar-refractivity contribution >= 4 is 12.0 Å². The largest absolute Gasteiger partial charge is 0.318 e. The normalized spacial score (nSPS) is 24.5. The van der Waals surface area contributed by atoms with Gasteiger partial charge in [-0.2, -0.15) is 0 Å². The van der Waals surface area contributed by atoms with Crippen LogP contribution in [0.5, 0.6) is 0 Å². The van der Waals surface area contributed by atoms with Gasteiger partial charge in [-0.15, -0.1) is 0 Å². The summed E-state index contributed by atoms with van der Waals surface area (Å²) >= 11 is 0. The Labute approximate surface area is 103 Å². The van der Waals surface area contributed by atoms with E-state index in [1.807, 2.05) is 10.6 Å². The highest BCUT2D eigenvalue weighted by atomic mass is 16.1. The zero-order valence-corrected chi connectivity index (χ0v) is 11.0. The van der Waals surface area contributed by atoms with Gasteiger partial charge in [-0.05, 0) is 25.6 Å². The molecule has 2 rings (SSSR count). The van der Waals surface area contributed by atoms with Crippen LogP contribution in [0, 0.1) is 0 Å². The zero-order valence-electron chi connectivity index (χ0n) is 11.0. The first kappa shape index (κ1) is 12.1. The highest BCUT2D eigenvalue weighted by molar-refractivity contribution is 5.94. The van der Waals surface area contributed by atoms with Crippen molar-refractivity contribution in [1.82, 2.24) is 9.47 Å². The van der Waals surface area contributed by atoms with E-state index < -0.39 is 0 Å². The Morgan fingerprint density at radius 2 is 2.18 bits per heavy atom. The van der Waals surface area contributed by atoms with Crippen molar-refractivity contribution in [3.05, 3.63) is 29.6 Å². The molecule has 0 amide bonds. The summed E-state index contributed by atoms with van der Waals surface area (Å²) in [5.41, 5.74) is 3.26. The van der Waals surface area contributed by atoms with Crippen molar-refractivity contribution in [2.75, 3.05) is 13.6 Å². The van der Waals surface area contributed by atoms with E-state index in [0.29, 0.717) is 12.0 Å². The van der Waals surface area contributed by atoms with Gasteiger partial charge >= 0.3 is 0 Å². The third kappa shape index (κ3) is 1.75. The van der Waals surface area contributed by atoms with Crippen molar-refractivity contribution in [1.29, 1.82) is 0 Å². The summed E-state index contributed by atoms with van der Waals surface area (Å²) in [5.74, 6) is 0.527. The van der Waals surface area contributed by atoms with Crippen molar-refractivity contribution < 1.29 is 4.79 Å². The molecule has 0 bridgehead atoms. The van der Waals surface area contributed by atoms with E-state index in [4.69, 9.17) is 0 Å². The summed E-state index contributed by atoms with van der Waals surface area (Å²) in [5, 5.41) is 0. The van der Waals surface area contributed by atoms with E-state index in [-0.39, 0.29) is 5.78 Å². The van der Waals surface area contributed by atoms with Crippen LogP contribution in [0.2, 0.25) is 0 Å². The molecular formula is C14H20N2O. The van der Waals surface area contributed by atoms with E-state index in [0.717, 1.165) is 12.2 Å². The Morgan fingerprint density at radius 1 is 1.53 bits per heavy atom. The van der Waals surface area contributed by atoms with E-state index in [9.17, 15) is 4.79 Å². The predicted octanol–water partition coefficient (Wildman–Crippen LogP) is 2.90. The Balaban J connectivity index is 2.66. The van der Waals surface area contributed by atoms with E-state index in [1.54, 1.807) is 13.1 Å². The molecule has 1 aromatic rings. The number of fused-ring (bicyclic) bond motifs is 1. The number of carbonyl (C=O) groups is 1. The predicted molar refractivity (Wildman–Crippen MR) is 70.3 cm³/mol. The van der Waals surface area contributed by atoms with Crippen molar-refractivity contribution in [3.63, 3.8) is 0 Å². The maximum Gasteiger partial charge on any atom is 0.176 e. The standard InChI is InChI=1S/C14H20N2O/c1-6-16-13(11(4)17)7-12-10(3)15(5)8-9(2)14(12)16/h6-7,9-10H,1,8H2,2-5H3. The van der Waals surface area contributed by atoms with Crippen LogP contribution >= 0.6 is 0 Å². The number of ketones is 1. The first-order chi connectivity index (χ1) is 7.97. The molecule has 0 saturated carbocycles. The second-order valence-corrected chi connectivity index (χ2v) is 5.00. The number of hydrogen-bond acceptors (Lipinski definition) is 2. The fourth-order valence-corrected chi connectivity index (χ4v) is 2.80. The van der Waals surface area contributed by atoms with Gasteiger partial charge in [0.2, 0.25) is 0 Å². The Kier molecular flexibility index (Phi) is 2.96. The van der Waals surface area contributed by atoms with Crippen LogP contribution in [0.15, 0.2) is 12.6 Å². The number of hydrogen-bond donors (Lipinski definition) is 0. The Bertz CT molecular complexity index is 473. The van der Waals surface area contributed by atoms with Gasteiger partial charge in [-0.1, -0.05) is 13.5 Å². The molecule has 1 aromatic heterocycles. The van der Waals surface area contributed by atoms with Crippen LogP contribution in [0.25, 0.3) is 6.20 Å². The second-order valence-electron chi connectivity index (χ2n) is 5.00. The molecule has 1 aliphatic heterocycles. The zero-order chi connectivity index (χ0) is 12.7. The first-order valence-corrected chi connectivity index (χ1v) is 6.06. The third-order valence-electron chi connectivity index (χ3n) is 3.79. The van der Waals surface area contributed by atoms with Crippen molar-refractivity contribution in [3.8, 4) is 0 Å². The molecule has 0 radical (unpaired) electrons. The lowest BCUT2D eigenvalue weighted by Crippen LogP contribution is -2.32. The second kappa shape index (κ2) is 4.15. The SMILES string of the molecule is C=Cn1c(C(C)=O)cc2c1C(C)CN(C)C2C. The molecule has 0 N–H and O–H groups in total. The lowest BCUT2D eigenvalue weighted by molar-refractivity contribution is 0.101. The smallest absolute Gasteiger partial charge is 0.176 e. The lowest BCUT2D eigenvalue weighted by Gasteiger charge is -2.34. The quantitative estimate of drug-likeness (QED) is 0.733. The molecule has 0 aromatic carbocycles. The van der Waals surface area contributed by atoms with Gasteiger partial charge in [0, 0.05) is 37.3 Å². The molecule has 0 spiro atoms. The van der Waals surface area contributed by atoms with Gasteiger partial charge in [-0.25, -0.2) is 0 Å². The summed E-state index contributed by atoms with van der Waals surface area (Å²) in [7, 11) is 2.13. The summed E-state index contributed by atoms with van der Waals surface area (Å²) in [6, 6.07) is 2.39. The van der Waals surface area contributed by atoms with Gasteiger partial charge in [0.15, 0.2) is 5.78 Å². The molecule has 3 nitrogen and oxygen atoms in total. The molecule has 3 heteroatoms. The summed E-state index contributed by atoms with van der Waals surface area (Å²) < 4.78 is 1.96. The molecular weight excluding hydrogens is 212 g/mol. The van der Waals surface area contributed by atoms with Crippen LogP contribution in [0.4, 0.5) is 0 Å². The number of Topliss-reactive ketones (excluding diaryl/α,β-unsaturated/α-hetero) is 1. The van der Waals surface area contributed by atoms with Crippen LogP contribution in [-0.4, -0.2) is 28.8 Å². The number of carbonyl (C=O) groups excluding carboxylic acids is 1. The fraction of sp³-hybridized carbons (Fsp3) is 0.500. The number of aromatic nitrogens is 1. The van der Waals surface area contributed by atoms with Crippen LogP contribution < -0.4 is 0 Å². The highest BCUT2D eigenvalue weighted by Crippen LogP contribution is 2.37. The van der Waals surface area contributed by atoms with Gasteiger partial charge in [0.05, 0.1) is 5.69 Å². The summed E-state index contributed by atoms with van der Waals surface area (Å²) in [6.07, 6.45) is 1.75. The number of nitrogens with zero attached hydrogens (tertiary/aromatic N) is 2. The molecule has 0 saturated heterocycles. The van der Waals surface area contributed by atoms with Crippen molar-refractivity contribution in [2.24, 2.45) is 0 Å². The van der Waals surface area contributed by atoms with Crippen LogP contribution in [0.1, 0.15) is 54.5 Å². The minimum Gasteiger partial charge on any atom is -0.318 e. The average molecular weight is 232 g/mol. The first-order valence-electron chi connectivity index (χ1n) is 6.06. The maximum atomic E-state index is 11.7. The Morgan fingerprint density at radius 3 is 2.71 bits per heavy atom. The average Bonchev–Trinajstić information content (AvgIpc) is 2.65. The van der Waals surface area contributed by atoms with Crippen LogP contribution in [-0.2, 0) is 0 Å². The lowest BCUT2D eigenvalue weighted by atomic mass is 9.93. The summed E-state index contributed by atoms with van der Waals surface area (Å²) in [6.45, 7) is 10.8. The number of likely N-dealkylation sites (N-methyl/N-ethyl adjacent to an activating group) is 1. The molecule has 2 atom stereocenters. The monoisotopic (exact) mass is 232 g/mol. The fourth-order valence-electron chi connectivity index (χ4n) is 2.80. The number of rotatable bonds is 2. The molecule has 2 unspecified atom stereocenters. The van der Waals surface area contributed by atoms with E-state index in [1.165, 1.54) is 11.3 Å². The van der Waals surface area contributed by atoms with Crippen LogP contribution in [0.3, 0.4) is 0 Å². The molecule has 0 aliphatic carbocycles. The van der Waals surface area contributed by atoms with Gasteiger partial charge in [0.1, 0.15) is 0 Å². The van der Waals surface area contributed by atoms with Gasteiger partial charge < -0.3 is 4.57 Å².